The molecule has 1 aliphatic heterocycles. The highest BCUT2D eigenvalue weighted by molar-refractivity contribution is 5.77. The van der Waals surface area contributed by atoms with Gasteiger partial charge in [-0.05, 0) is 25.7 Å². The number of rotatable bonds is 4. The van der Waals surface area contributed by atoms with Crippen LogP contribution in [0.4, 0.5) is 0 Å². The Morgan fingerprint density at radius 1 is 1.53 bits per heavy atom. The zero-order chi connectivity index (χ0) is 10.7. The van der Waals surface area contributed by atoms with Gasteiger partial charge in [0.2, 0.25) is 5.91 Å². The lowest BCUT2D eigenvalue weighted by atomic mass is 9.75. The quantitative estimate of drug-likeness (QED) is 0.709. The highest BCUT2D eigenvalue weighted by atomic mass is 16.5. The molecule has 1 aliphatic carbocycles. The molecule has 3 N–H and O–H groups in total. The van der Waals surface area contributed by atoms with Crippen LogP contribution in [0.5, 0.6) is 0 Å². The fraction of sp³-hybridized carbons (Fsp3) is 0.909. The molecule has 2 aliphatic rings. The summed E-state index contributed by atoms with van der Waals surface area (Å²) in [6, 6.07) is 0. The molecule has 1 heterocycles. The van der Waals surface area contributed by atoms with Crippen LogP contribution in [0.2, 0.25) is 0 Å². The van der Waals surface area contributed by atoms with E-state index in [1.165, 1.54) is 6.42 Å². The average molecular weight is 212 g/mol. The van der Waals surface area contributed by atoms with Crippen molar-refractivity contribution in [3.05, 3.63) is 0 Å². The highest BCUT2D eigenvalue weighted by Crippen LogP contribution is 2.31. The van der Waals surface area contributed by atoms with Gasteiger partial charge in [0.05, 0.1) is 6.61 Å². The maximum Gasteiger partial charge on any atom is 0.221 e. The van der Waals surface area contributed by atoms with E-state index in [2.05, 4.69) is 5.32 Å². The van der Waals surface area contributed by atoms with Crippen LogP contribution in [0, 0.1) is 5.92 Å². The monoisotopic (exact) mass is 212 g/mol. The average Bonchev–Trinajstić information content (AvgIpc) is 2.64. The fourth-order valence-corrected chi connectivity index (χ4v) is 2.19. The minimum absolute atomic E-state index is 0.101. The third-order valence-corrected chi connectivity index (χ3v) is 3.47. The predicted octanol–water partition coefficient (Wildman–Crippen LogP) is 0.411. The Morgan fingerprint density at radius 2 is 2.33 bits per heavy atom. The summed E-state index contributed by atoms with van der Waals surface area (Å²) < 4.78 is 5.25. The summed E-state index contributed by atoms with van der Waals surface area (Å²) in [5.74, 6) is 0.605. The molecule has 0 radical (unpaired) electrons. The first-order chi connectivity index (χ1) is 7.18. The first kappa shape index (κ1) is 10.9. The third kappa shape index (κ3) is 2.92. The SMILES string of the molecule is NC1(CC(=O)NCC2CCOC2)CCC1. The Morgan fingerprint density at radius 3 is 2.87 bits per heavy atom. The van der Waals surface area contributed by atoms with Crippen molar-refractivity contribution in [3.8, 4) is 0 Å². The highest BCUT2D eigenvalue weighted by Gasteiger charge is 2.34. The van der Waals surface area contributed by atoms with E-state index in [0.29, 0.717) is 12.3 Å². The minimum atomic E-state index is -0.198. The largest absolute Gasteiger partial charge is 0.381 e. The van der Waals surface area contributed by atoms with E-state index in [9.17, 15) is 4.79 Å². The third-order valence-electron chi connectivity index (χ3n) is 3.47. The first-order valence-corrected chi connectivity index (χ1v) is 5.81. The van der Waals surface area contributed by atoms with Gasteiger partial charge < -0.3 is 15.8 Å². The van der Waals surface area contributed by atoms with Crippen LogP contribution in [-0.2, 0) is 9.53 Å². The molecular weight excluding hydrogens is 192 g/mol. The zero-order valence-electron chi connectivity index (χ0n) is 9.13. The molecule has 4 heteroatoms. The van der Waals surface area contributed by atoms with Crippen LogP contribution in [0.1, 0.15) is 32.1 Å². The Kier molecular flexibility index (Phi) is 3.26. The lowest BCUT2D eigenvalue weighted by molar-refractivity contribution is -0.123. The van der Waals surface area contributed by atoms with Gasteiger partial charge in [-0.3, -0.25) is 4.79 Å². The predicted molar refractivity (Wildman–Crippen MR) is 57.3 cm³/mol. The Bertz CT molecular complexity index is 233. The molecule has 1 unspecified atom stereocenters. The summed E-state index contributed by atoms with van der Waals surface area (Å²) in [6.07, 6.45) is 4.70. The van der Waals surface area contributed by atoms with Gasteiger partial charge in [-0.15, -0.1) is 0 Å². The summed E-state index contributed by atoms with van der Waals surface area (Å²) in [5, 5.41) is 2.95. The maximum absolute atomic E-state index is 11.6. The van der Waals surface area contributed by atoms with Crippen molar-refractivity contribution in [2.45, 2.75) is 37.6 Å². The molecule has 4 nitrogen and oxygen atoms in total. The van der Waals surface area contributed by atoms with Crippen LogP contribution < -0.4 is 11.1 Å². The van der Waals surface area contributed by atoms with Crippen LogP contribution >= 0.6 is 0 Å². The standard InChI is InChI=1S/C11H20N2O2/c12-11(3-1-4-11)6-10(14)13-7-9-2-5-15-8-9/h9H,1-8,12H2,(H,13,14). The molecule has 2 fully saturated rings. The van der Waals surface area contributed by atoms with Gasteiger partial charge >= 0.3 is 0 Å². The van der Waals surface area contributed by atoms with Gasteiger partial charge in [0.15, 0.2) is 0 Å². The van der Waals surface area contributed by atoms with Crippen LogP contribution in [-0.4, -0.2) is 31.2 Å². The molecule has 86 valence electrons. The van der Waals surface area contributed by atoms with E-state index < -0.39 is 0 Å². The molecule has 0 aromatic carbocycles. The van der Waals surface area contributed by atoms with E-state index in [1.807, 2.05) is 0 Å². The van der Waals surface area contributed by atoms with E-state index in [0.717, 1.165) is 39.0 Å². The molecule has 1 saturated heterocycles. The number of hydrogen-bond acceptors (Lipinski definition) is 3. The fourth-order valence-electron chi connectivity index (χ4n) is 2.19. The molecule has 0 bridgehead atoms. The van der Waals surface area contributed by atoms with Crippen molar-refractivity contribution in [3.63, 3.8) is 0 Å². The van der Waals surface area contributed by atoms with Crippen molar-refractivity contribution in [2.24, 2.45) is 11.7 Å². The van der Waals surface area contributed by atoms with Crippen LogP contribution in [0.25, 0.3) is 0 Å². The van der Waals surface area contributed by atoms with Crippen molar-refractivity contribution in [2.75, 3.05) is 19.8 Å². The van der Waals surface area contributed by atoms with E-state index >= 15 is 0 Å². The van der Waals surface area contributed by atoms with Gasteiger partial charge in [-0.2, -0.15) is 0 Å². The first-order valence-electron chi connectivity index (χ1n) is 5.81. The van der Waals surface area contributed by atoms with Gasteiger partial charge in [0.1, 0.15) is 0 Å². The molecule has 1 atom stereocenters. The Hall–Kier alpha value is -0.610. The topological polar surface area (TPSA) is 64.4 Å². The van der Waals surface area contributed by atoms with Gasteiger partial charge in [-0.25, -0.2) is 0 Å². The second kappa shape index (κ2) is 4.49. The summed E-state index contributed by atoms with van der Waals surface area (Å²) in [4.78, 5) is 11.6. The van der Waals surface area contributed by atoms with E-state index in [1.54, 1.807) is 0 Å². The normalized spacial score (nSPS) is 28.5. The Balaban J connectivity index is 1.63. The molecule has 0 aromatic heterocycles. The Labute approximate surface area is 90.5 Å². The molecule has 0 aromatic rings. The number of ether oxygens (including phenoxy) is 1. The summed E-state index contributed by atoms with van der Waals surface area (Å²) in [6.45, 7) is 2.37. The summed E-state index contributed by atoms with van der Waals surface area (Å²) in [5.41, 5.74) is 5.80. The summed E-state index contributed by atoms with van der Waals surface area (Å²) in [7, 11) is 0. The lowest BCUT2D eigenvalue weighted by Crippen LogP contribution is -2.50. The van der Waals surface area contributed by atoms with Crippen LogP contribution in [0.15, 0.2) is 0 Å². The van der Waals surface area contributed by atoms with Gasteiger partial charge in [0, 0.05) is 31.0 Å². The second-order valence-electron chi connectivity index (χ2n) is 4.93. The molecule has 1 amide bonds. The van der Waals surface area contributed by atoms with Crippen molar-refractivity contribution < 1.29 is 9.53 Å². The van der Waals surface area contributed by atoms with E-state index in [4.69, 9.17) is 10.5 Å². The number of carbonyl (C=O) groups is 1. The zero-order valence-corrected chi connectivity index (χ0v) is 9.13. The van der Waals surface area contributed by atoms with Crippen molar-refractivity contribution in [1.82, 2.24) is 5.32 Å². The van der Waals surface area contributed by atoms with E-state index in [-0.39, 0.29) is 11.4 Å². The van der Waals surface area contributed by atoms with Crippen molar-refractivity contribution in [1.29, 1.82) is 0 Å². The van der Waals surface area contributed by atoms with Gasteiger partial charge in [-0.1, -0.05) is 0 Å². The van der Waals surface area contributed by atoms with Gasteiger partial charge in [0.25, 0.3) is 0 Å². The molecule has 1 saturated carbocycles. The van der Waals surface area contributed by atoms with Crippen LogP contribution in [0.3, 0.4) is 0 Å². The molecule has 0 spiro atoms. The number of nitrogens with two attached hydrogens (primary N) is 1. The maximum atomic E-state index is 11.6. The lowest BCUT2D eigenvalue weighted by Gasteiger charge is -2.37. The summed E-state index contributed by atoms with van der Waals surface area (Å²) >= 11 is 0. The molecule has 15 heavy (non-hydrogen) atoms. The smallest absolute Gasteiger partial charge is 0.221 e. The number of hydrogen-bond donors (Lipinski definition) is 2. The molecular formula is C11H20N2O2. The second-order valence-corrected chi connectivity index (χ2v) is 4.93. The number of carbonyl (C=O) groups excluding carboxylic acids is 1. The number of nitrogens with one attached hydrogen (secondary N) is 1. The van der Waals surface area contributed by atoms with Crippen molar-refractivity contribution >= 4 is 5.91 Å². The minimum Gasteiger partial charge on any atom is -0.381 e. The molecule has 2 rings (SSSR count). The number of amides is 1.